The zero-order valence-corrected chi connectivity index (χ0v) is 15.7. The van der Waals surface area contributed by atoms with Gasteiger partial charge < -0.3 is 10.0 Å². The topological polar surface area (TPSA) is 70.7 Å². The maximum atomic E-state index is 13.1. The summed E-state index contributed by atoms with van der Waals surface area (Å²) >= 11 is 0. The Morgan fingerprint density at radius 3 is 2.81 bits per heavy atom. The highest BCUT2D eigenvalue weighted by molar-refractivity contribution is 5.93. The molecule has 0 unspecified atom stereocenters. The Morgan fingerprint density at radius 2 is 2.07 bits per heavy atom. The van der Waals surface area contributed by atoms with E-state index < -0.39 is 0 Å². The van der Waals surface area contributed by atoms with E-state index in [1.165, 1.54) is 5.56 Å². The van der Waals surface area contributed by atoms with Crippen LogP contribution in [-0.4, -0.2) is 50.2 Å². The molecule has 1 amide bonds. The Balaban J connectivity index is 1.59. The molecule has 1 aliphatic rings. The molecule has 6 nitrogen and oxygen atoms in total. The van der Waals surface area contributed by atoms with Crippen LogP contribution < -0.4 is 0 Å². The smallest absolute Gasteiger partial charge is 0.274 e. The molecule has 2 aromatic heterocycles. The van der Waals surface area contributed by atoms with Gasteiger partial charge >= 0.3 is 0 Å². The Kier molecular flexibility index (Phi) is 4.44. The second kappa shape index (κ2) is 6.78. The van der Waals surface area contributed by atoms with Crippen LogP contribution in [-0.2, 0) is 6.42 Å². The van der Waals surface area contributed by atoms with Gasteiger partial charge in [-0.15, -0.1) is 0 Å². The number of amides is 1. The lowest BCUT2D eigenvalue weighted by molar-refractivity contribution is 0.0772. The molecule has 1 aromatic carbocycles. The van der Waals surface area contributed by atoms with Crippen LogP contribution in [0.15, 0.2) is 48.8 Å². The monoisotopic (exact) mass is 364 g/mol. The first-order valence-electron chi connectivity index (χ1n) is 9.27. The Hall–Kier alpha value is -2.73. The van der Waals surface area contributed by atoms with Gasteiger partial charge in [-0.2, -0.15) is 5.10 Å². The van der Waals surface area contributed by atoms with E-state index in [1.54, 1.807) is 16.8 Å². The summed E-state index contributed by atoms with van der Waals surface area (Å²) in [6, 6.07) is 12.1. The second-order valence-corrected chi connectivity index (χ2v) is 7.91. The fraction of sp³-hybridized carbons (Fsp3) is 0.381. The van der Waals surface area contributed by atoms with Crippen LogP contribution in [0.25, 0.3) is 5.65 Å². The van der Waals surface area contributed by atoms with Crippen molar-refractivity contribution < 1.29 is 9.90 Å². The lowest BCUT2D eigenvalue weighted by atomic mass is 9.78. The van der Waals surface area contributed by atoms with Gasteiger partial charge in [0.25, 0.3) is 5.91 Å². The molecule has 27 heavy (non-hydrogen) atoms. The second-order valence-electron chi connectivity index (χ2n) is 7.91. The largest absolute Gasteiger partial charge is 0.396 e. The molecule has 1 atom stereocenters. The van der Waals surface area contributed by atoms with Crippen molar-refractivity contribution in [3.8, 4) is 0 Å². The van der Waals surface area contributed by atoms with Gasteiger partial charge in [0.1, 0.15) is 0 Å². The molecule has 4 rings (SSSR count). The van der Waals surface area contributed by atoms with Crippen LogP contribution in [0.1, 0.15) is 41.4 Å². The van der Waals surface area contributed by atoms with E-state index >= 15 is 0 Å². The normalized spacial score (nSPS) is 18.9. The van der Waals surface area contributed by atoms with Gasteiger partial charge in [-0.3, -0.25) is 4.79 Å². The lowest BCUT2D eigenvalue weighted by Crippen LogP contribution is -2.30. The van der Waals surface area contributed by atoms with Crippen LogP contribution in [0.3, 0.4) is 0 Å². The summed E-state index contributed by atoms with van der Waals surface area (Å²) in [6.45, 7) is 5.87. The molecule has 1 saturated heterocycles. The molecule has 0 saturated carbocycles. The number of aromatic nitrogens is 3. The summed E-state index contributed by atoms with van der Waals surface area (Å²) in [6.07, 6.45) is 4.05. The summed E-state index contributed by atoms with van der Waals surface area (Å²) < 4.78 is 1.62. The minimum Gasteiger partial charge on any atom is -0.396 e. The summed E-state index contributed by atoms with van der Waals surface area (Å²) in [4.78, 5) is 19.3. The summed E-state index contributed by atoms with van der Waals surface area (Å²) in [5.74, 6) is 0.240. The van der Waals surface area contributed by atoms with Crippen LogP contribution in [0.2, 0.25) is 0 Å². The molecule has 0 radical (unpaired) electrons. The third-order valence-electron chi connectivity index (χ3n) is 5.42. The Labute approximate surface area is 158 Å². The molecule has 1 aliphatic heterocycles. The van der Waals surface area contributed by atoms with Crippen molar-refractivity contribution in [1.29, 1.82) is 0 Å². The number of fused-ring (bicyclic) bond motifs is 1. The third-order valence-corrected chi connectivity index (χ3v) is 5.42. The van der Waals surface area contributed by atoms with E-state index in [0.717, 1.165) is 5.56 Å². The quantitative estimate of drug-likeness (QED) is 0.772. The first kappa shape index (κ1) is 17.7. The van der Waals surface area contributed by atoms with Crippen LogP contribution in [0, 0.1) is 5.41 Å². The third kappa shape index (κ3) is 3.32. The molecule has 3 heterocycles. The van der Waals surface area contributed by atoms with E-state index in [4.69, 9.17) is 5.11 Å². The summed E-state index contributed by atoms with van der Waals surface area (Å²) in [5, 5.41) is 13.5. The molecule has 0 bridgehead atoms. The number of aliphatic hydroxyl groups excluding tert-OH is 1. The molecule has 6 heteroatoms. The predicted octanol–water partition coefficient (Wildman–Crippen LogP) is 2.53. The number of nitrogens with zero attached hydrogens (tertiary/aromatic N) is 4. The Bertz CT molecular complexity index is 965. The number of hydrogen-bond acceptors (Lipinski definition) is 4. The predicted molar refractivity (Wildman–Crippen MR) is 103 cm³/mol. The molecule has 0 spiro atoms. The maximum absolute atomic E-state index is 13.1. The fourth-order valence-corrected chi connectivity index (χ4v) is 3.97. The number of carbonyl (C=O) groups is 1. The van der Waals surface area contributed by atoms with E-state index in [-0.39, 0.29) is 17.9 Å². The summed E-state index contributed by atoms with van der Waals surface area (Å²) in [5.41, 5.74) is 3.20. The number of aliphatic hydroxyl groups is 1. The van der Waals surface area contributed by atoms with E-state index in [1.807, 2.05) is 29.3 Å². The van der Waals surface area contributed by atoms with Crippen molar-refractivity contribution >= 4 is 11.6 Å². The van der Waals surface area contributed by atoms with Crippen molar-refractivity contribution in [2.45, 2.75) is 26.2 Å². The molecule has 1 N–H and O–H groups in total. The molecule has 3 aromatic rings. The lowest BCUT2D eigenvalue weighted by Gasteiger charge is -2.25. The van der Waals surface area contributed by atoms with E-state index in [2.05, 4.69) is 36.1 Å². The first-order valence-corrected chi connectivity index (χ1v) is 9.27. The van der Waals surface area contributed by atoms with Gasteiger partial charge in [-0.1, -0.05) is 44.2 Å². The zero-order chi connectivity index (χ0) is 19.0. The van der Waals surface area contributed by atoms with Crippen LogP contribution in [0.4, 0.5) is 0 Å². The maximum Gasteiger partial charge on any atom is 0.274 e. The average molecular weight is 364 g/mol. The van der Waals surface area contributed by atoms with Gasteiger partial charge in [-0.25, -0.2) is 9.50 Å². The molecular weight excluding hydrogens is 340 g/mol. The average Bonchev–Trinajstić information content (AvgIpc) is 3.22. The molecule has 0 aliphatic carbocycles. The Morgan fingerprint density at radius 1 is 1.30 bits per heavy atom. The highest BCUT2D eigenvalue weighted by atomic mass is 16.3. The highest BCUT2D eigenvalue weighted by Gasteiger charge is 2.42. The fourth-order valence-electron chi connectivity index (χ4n) is 3.97. The molecule has 1 fully saturated rings. The standard InChI is InChI=1S/C21H24N4O2/c1-21(2)14-24(13-17(21)16-6-4-3-5-7-16)20(27)18-10-19-22-11-15(8-9-26)12-25(19)23-18/h3-7,10-12,17,26H,8-9,13-14H2,1-2H3/t17-/m0/s1. The van der Waals surface area contributed by atoms with Gasteiger partial charge in [0, 0.05) is 44.1 Å². The molecular formula is C21H24N4O2. The SMILES string of the molecule is CC1(C)CN(C(=O)c2cc3ncc(CCO)cn3n2)C[C@H]1c1ccccc1. The zero-order valence-electron chi connectivity index (χ0n) is 15.7. The number of carbonyl (C=O) groups excluding carboxylic acids is 1. The van der Waals surface area contributed by atoms with Crippen molar-refractivity contribution in [2.75, 3.05) is 19.7 Å². The van der Waals surface area contributed by atoms with Gasteiger partial charge in [0.2, 0.25) is 0 Å². The summed E-state index contributed by atoms with van der Waals surface area (Å²) in [7, 11) is 0. The number of hydrogen-bond donors (Lipinski definition) is 1. The number of rotatable bonds is 4. The highest BCUT2D eigenvalue weighted by Crippen LogP contribution is 2.42. The van der Waals surface area contributed by atoms with Crippen molar-refractivity contribution in [3.63, 3.8) is 0 Å². The molecule has 140 valence electrons. The van der Waals surface area contributed by atoms with Crippen molar-refractivity contribution in [3.05, 3.63) is 65.6 Å². The van der Waals surface area contributed by atoms with E-state index in [9.17, 15) is 4.79 Å². The van der Waals surface area contributed by atoms with Gasteiger partial charge in [0.15, 0.2) is 11.3 Å². The van der Waals surface area contributed by atoms with Crippen LogP contribution >= 0.6 is 0 Å². The van der Waals surface area contributed by atoms with Crippen LogP contribution in [0.5, 0.6) is 0 Å². The number of likely N-dealkylation sites (tertiary alicyclic amines) is 1. The minimum atomic E-state index is -0.0595. The van der Waals surface area contributed by atoms with Gasteiger partial charge in [-0.05, 0) is 23.0 Å². The number of benzene rings is 1. The van der Waals surface area contributed by atoms with Crippen molar-refractivity contribution in [1.82, 2.24) is 19.5 Å². The minimum absolute atomic E-state index is 0.00270. The van der Waals surface area contributed by atoms with Crippen molar-refractivity contribution in [2.24, 2.45) is 5.41 Å². The van der Waals surface area contributed by atoms with Gasteiger partial charge in [0.05, 0.1) is 0 Å². The first-order chi connectivity index (χ1) is 13.0. The van der Waals surface area contributed by atoms with E-state index in [0.29, 0.717) is 36.8 Å².